The summed E-state index contributed by atoms with van der Waals surface area (Å²) in [5.41, 5.74) is 2.10. The average Bonchev–Trinajstić information content (AvgIpc) is 2.46. The number of rotatable bonds is 7. The van der Waals surface area contributed by atoms with E-state index in [0.717, 1.165) is 11.3 Å². The molecule has 4 nitrogen and oxygen atoms in total. The highest BCUT2D eigenvalue weighted by atomic mass is 32.2. The van der Waals surface area contributed by atoms with Gasteiger partial charge in [-0.05, 0) is 37.0 Å². The first-order chi connectivity index (χ1) is 9.97. The molecule has 1 amide bonds. The van der Waals surface area contributed by atoms with Crippen molar-refractivity contribution in [2.24, 2.45) is 0 Å². The highest BCUT2D eigenvalue weighted by Gasteiger charge is 2.15. The van der Waals surface area contributed by atoms with Gasteiger partial charge in [0.05, 0.1) is 6.61 Å². The van der Waals surface area contributed by atoms with E-state index in [0.29, 0.717) is 0 Å². The topological polar surface area (TPSA) is 52.6 Å². The zero-order valence-corrected chi connectivity index (χ0v) is 13.9. The van der Waals surface area contributed by atoms with Crippen molar-refractivity contribution in [3.05, 3.63) is 35.9 Å². The Balaban J connectivity index is 2.57. The molecule has 0 radical (unpaired) electrons. The summed E-state index contributed by atoms with van der Waals surface area (Å²) in [7, 11) is 3.98. The number of aliphatic hydroxyl groups excluding tert-OH is 1. The number of hydrogen-bond donors (Lipinski definition) is 2. The summed E-state index contributed by atoms with van der Waals surface area (Å²) in [6, 6.07) is 7.89. The van der Waals surface area contributed by atoms with Gasteiger partial charge in [0.25, 0.3) is 0 Å². The predicted molar refractivity (Wildman–Crippen MR) is 91.8 cm³/mol. The summed E-state index contributed by atoms with van der Waals surface area (Å²) in [5, 5.41) is 12.1. The first-order valence-corrected chi connectivity index (χ1v) is 8.16. The number of nitrogens with one attached hydrogen (secondary N) is 1. The number of aliphatic hydroxyl groups is 1. The van der Waals surface area contributed by atoms with E-state index in [9.17, 15) is 9.90 Å². The number of carbonyl (C=O) groups excluding carboxylic acids is 1. The van der Waals surface area contributed by atoms with Crippen LogP contribution in [0.1, 0.15) is 12.5 Å². The van der Waals surface area contributed by atoms with Crippen LogP contribution in [0.25, 0.3) is 6.08 Å². The van der Waals surface area contributed by atoms with Gasteiger partial charge in [0.1, 0.15) is 0 Å². The molecule has 0 bridgehead atoms. The number of carbonyl (C=O) groups is 1. The summed E-state index contributed by atoms with van der Waals surface area (Å²) in [6.45, 7) is 1.95. The van der Waals surface area contributed by atoms with Gasteiger partial charge in [-0.3, -0.25) is 4.79 Å². The van der Waals surface area contributed by atoms with Gasteiger partial charge in [-0.25, -0.2) is 0 Å². The second kappa shape index (κ2) is 8.74. The molecule has 116 valence electrons. The standard InChI is InChI=1S/C16H24N2O2S/c1-12(15(11-19)21-4)17-16(20)10-7-13-5-8-14(9-6-13)18(2)3/h5-10,12,15,19H,11H2,1-4H3,(H,17,20)/b10-7+. The van der Waals surface area contributed by atoms with Gasteiger partial charge in [-0.1, -0.05) is 12.1 Å². The maximum absolute atomic E-state index is 11.8. The molecular formula is C16H24N2O2S. The van der Waals surface area contributed by atoms with E-state index < -0.39 is 0 Å². The Bertz CT molecular complexity index is 468. The van der Waals surface area contributed by atoms with Gasteiger partial charge in [-0.15, -0.1) is 0 Å². The van der Waals surface area contributed by atoms with Crippen molar-refractivity contribution < 1.29 is 9.90 Å². The van der Waals surface area contributed by atoms with Crippen LogP contribution in [0.2, 0.25) is 0 Å². The summed E-state index contributed by atoms with van der Waals surface area (Å²) in [5.74, 6) is -0.147. The van der Waals surface area contributed by atoms with Crippen molar-refractivity contribution in [2.75, 3.05) is 31.9 Å². The SMILES string of the molecule is CSC(CO)C(C)NC(=O)/C=C/c1ccc(N(C)C)cc1. The number of amides is 1. The predicted octanol–water partition coefficient (Wildman–Crippen LogP) is 1.99. The molecule has 21 heavy (non-hydrogen) atoms. The minimum atomic E-state index is -0.147. The van der Waals surface area contributed by atoms with Crippen molar-refractivity contribution >= 4 is 29.4 Å². The first-order valence-electron chi connectivity index (χ1n) is 6.87. The molecule has 0 aromatic heterocycles. The van der Waals surface area contributed by atoms with Crippen molar-refractivity contribution in [1.82, 2.24) is 5.32 Å². The van der Waals surface area contributed by atoms with Crippen LogP contribution in [0, 0.1) is 0 Å². The lowest BCUT2D eigenvalue weighted by molar-refractivity contribution is -0.117. The zero-order chi connectivity index (χ0) is 15.8. The maximum atomic E-state index is 11.8. The average molecular weight is 308 g/mol. The minimum Gasteiger partial charge on any atom is -0.395 e. The molecule has 0 aliphatic rings. The molecule has 2 N–H and O–H groups in total. The molecule has 1 aromatic rings. The van der Waals surface area contributed by atoms with E-state index in [-0.39, 0.29) is 23.8 Å². The van der Waals surface area contributed by atoms with Crippen LogP contribution >= 0.6 is 11.8 Å². The fourth-order valence-electron chi connectivity index (χ4n) is 1.86. The number of benzene rings is 1. The Morgan fingerprint density at radius 2 is 2.00 bits per heavy atom. The molecule has 0 aliphatic heterocycles. The van der Waals surface area contributed by atoms with Gasteiger partial charge in [-0.2, -0.15) is 11.8 Å². The third-order valence-corrected chi connectivity index (χ3v) is 4.41. The lowest BCUT2D eigenvalue weighted by atomic mass is 10.2. The smallest absolute Gasteiger partial charge is 0.244 e. The fourth-order valence-corrected chi connectivity index (χ4v) is 2.48. The fraction of sp³-hybridized carbons (Fsp3) is 0.438. The molecule has 0 aliphatic carbocycles. The lowest BCUT2D eigenvalue weighted by Crippen LogP contribution is -2.40. The highest BCUT2D eigenvalue weighted by Crippen LogP contribution is 2.13. The second-order valence-corrected chi connectivity index (χ2v) is 6.15. The second-order valence-electron chi connectivity index (χ2n) is 5.07. The number of nitrogens with zero attached hydrogens (tertiary/aromatic N) is 1. The van der Waals surface area contributed by atoms with E-state index in [2.05, 4.69) is 5.32 Å². The van der Waals surface area contributed by atoms with Crippen LogP contribution in [-0.4, -0.2) is 49.3 Å². The number of thioether (sulfide) groups is 1. The number of hydrogen-bond acceptors (Lipinski definition) is 4. The maximum Gasteiger partial charge on any atom is 0.244 e. The molecule has 0 saturated carbocycles. The highest BCUT2D eigenvalue weighted by molar-refractivity contribution is 7.99. The van der Waals surface area contributed by atoms with Crippen molar-refractivity contribution in [1.29, 1.82) is 0 Å². The van der Waals surface area contributed by atoms with Crippen LogP contribution in [0.3, 0.4) is 0 Å². The molecule has 1 rings (SSSR count). The summed E-state index contributed by atoms with van der Waals surface area (Å²) < 4.78 is 0. The number of anilines is 1. The molecular weight excluding hydrogens is 284 g/mol. The quantitative estimate of drug-likeness (QED) is 0.757. The molecule has 1 aromatic carbocycles. The van der Waals surface area contributed by atoms with Gasteiger partial charge in [0.2, 0.25) is 5.91 Å². The van der Waals surface area contributed by atoms with Crippen LogP contribution in [-0.2, 0) is 4.79 Å². The van der Waals surface area contributed by atoms with Gasteiger partial charge in [0.15, 0.2) is 0 Å². The summed E-state index contributed by atoms with van der Waals surface area (Å²) >= 11 is 1.55. The third kappa shape index (κ3) is 5.81. The van der Waals surface area contributed by atoms with Crippen molar-refractivity contribution in [2.45, 2.75) is 18.2 Å². The normalized spacial score (nSPS) is 14.0. The third-order valence-electron chi connectivity index (χ3n) is 3.25. The summed E-state index contributed by atoms with van der Waals surface area (Å²) in [6.07, 6.45) is 5.23. The first kappa shape index (κ1) is 17.6. The largest absolute Gasteiger partial charge is 0.395 e. The lowest BCUT2D eigenvalue weighted by Gasteiger charge is -2.20. The van der Waals surface area contributed by atoms with E-state index >= 15 is 0 Å². The van der Waals surface area contributed by atoms with E-state index in [1.54, 1.807) is 17.8 Å². The molecule has 5 heteroatoms. The van der Waals surface area contributed by atoms with Gasteiger partial charge >= 0.3 is 0 Å². The van der Waals surface area contributed by atoms with Crippen LogP contribution in [0.5, 0.6) is 0 Å². The molecule has 0 spiro atoms. The monoisotopic (exact) mass is 308 g/mol. The molecule has 0 saturated heterocycles. The molecule has 2 unspecified atom stereocenters. The Kier molecular flexibility index (Phi) is 7.32. The Hall–Kier alpha value is -1.46. The minimum absolute atomic E-state index is 0.0155. The molecule has 2 atom stereocenters. The van der Waals surface area contributed by atoms with Crippen molar-refractivity contribution in [3.63, 3.8) is 0 Å². The van der Waals surface area contributed by atoms with E-state index in [4.69, 9.17) is 0 Å². The Labute approximate surface area is 131 Å². The molecule has 0 heterocycles. The Morgan fingerprint density at radius 1 is 1.38 bits per heavy atom. The van der Waals surface area contributed by atoms with Crippen LogP contribution in [0.4, 0.5) is 5.69 Å². The van der Waals surface area contributed by atoms with E-state index in [1.807, 2.05) is 56.4 Å². The summed E-state index contributed by atoms with van der Waals surface area (Å²) in [4.78, 5) is 13.9. The zero-order valence-electron chi connectivity index (χ0n) is 13.0. The Morgan fingerprint density at radius 3 is 2.48 bits per heavy atom. The van der Waals surface area contributed by atoms with Crippen molar-refractivity contribution in [3.8, 4) is 0 Å². The van der Waals surface area contributed by atoms with E-state index in [1.165, 1.54) is 6.08 Å². The van der Waals surface area contributed by atoms with Gasteiger partial charge in [0, 0.05) is 37.2 Å². The van der Waals surface area contributed by atoms with Crippen LogP contribution < -0.4 is 10.2 Å². The van der Waals surface area contributed by atoms with Gasteiger partial charge < -0.3 is 15.3 Å². The molecule has 0 fully saturated rings. The van der Waals surface area contributed by atoms with Crippen LogP contribution in [0.15, 0.2) is 30.3 Å².